The van der Waals surface area contributed by atoms with Crippen LogP contribution in [0, 0.1) is 0 Å². The SMILES string of the molecule is CCC(=O)c1ccc(Sc2ncco2)cc1. The van der Waals surface area contributed by atoms with E-state index in [4.69, 9.17) is 4.42 Å². The molecule has 0 aliphatic carbocycles. The Morgan fingerprint density at radius 3 is 2.69 bits per heavy atom. The van der Waals surface area contributed by atoms with Crippen LogP contribution in [0.1, 0.15) is 23.7 Å². The Labute approximate surface area is 97.9 Å². The van der Waals surface area contributed by atoms with Crippen LogP contribution < -0.4 is 0 Å². The highest BCUT2D eigenvalue weighted by Gasteiger charge is 2.04. The van der Waals surface area contributed by atoms with Crippen molar-refractivity contribution < 1.29 is 9.21 Å². The number of rotatable bonds is 4. The number of carbonyl (C=O) groups excluding carboxylic acids is 1. The van der Waals surface area contributed by atoms with Crippen LogP contribution in [0.5, 0.6) is 0 Å². The van der Waals surface area contributed by atoms with Gasteiger partial charge in [0, 0.05) is 16.9 Å². The number of ketones is 1. The second kappa shape index (κ2) is 4.99. The molecule has 1 heterocycles. The summed E-state index contributed by atoms with van der Waals surface area (Å²) in [4.78, 5) is 16.4. The summed E-state index contributed by atoms with van der Waals surface area (Å²) in [5.74, 6) is 0.160. The van der Waals surface area contributed by atoms with Gasteiger partial charge in [0.25, 0.3) is 5.22 Å². The van der Waals surface area contributed by atoms with Gasteiger partial charge in [0.1, 0.15) is 6.26 Å². The highest BCUT2D eigenvalue weighted by Crippen LogP contribution is 2.26. The number of hydrogen-bond donors (Lipinski definition) is 0. The summed E-state index contributed by atoms with van der Waals surface area (Å²) in [5.41, 5.74) is 0.749. The molecule has 0 saturated carbocycles. The van der Waals surface area contributed by atoms with Crippen molar-refractivity contribution in [1.82, 2.24) is 4.98 Å². The molecule has 1 aromatic heterocycles. The van der Waals surface area contributed by atoms with Crippen LogP contribution in [0.25, 0.3) is 0 Å². The fourth-order valence-corrected chi connectivity index (χ4v) is 1.97. The molecular weight excluding hydrogens is 222 g/mol. The van der Waals surface area contributed by atoms with E-state index in [1.165, 1.54) is 18.0 Å². The molecule has 0 saturated heterocycles. The lowest BCUT2D eigenvalue weighted by atomic mass is 10.1. The monoisotopic (exact) mass is 233 g/mol. The number of nitrogens with zero attached hydrogens (tertiary/aromatic N) is 1. The minimum atomic E-state index is 0.160. The fraction of sp³-hybridized carbons (Fsp3) is 0.167. The Kier molecular flexibility index (Phi) is 3.41. The summed E-state index contributed by atoms with van der Waals surface area (Å²) in [6.45, 7) is 1.86. The van der Waals surface area contributed by atoms with E-state index < -0.39 is 0 Å². The van der Waals surface area contributed by atoms with Crippen LogP contribution in [0.4, 0.5) is 0 Å². The average molecular weight is 233 g/mol. The van der Waals surface area contributed by atoms with E-state index in [0.717, 1.165) is 10.5 Å². The van der Waals surface area contributed by atoms with Gasteiger partial charge in [-0.1, -0.05) is 19.1 Å². The largest absolute Gasteiger partial charge is 0.440 e. The second-order valence-corrected chi connectivity index (χ2v) is 4.23. The number of benzene rings is 1. The third-order valence-corrected chi connectivity index (χ3v) is 3.00. The van der Waals surface area contributed by atoms with Gasteiger partial charge in [0.05, 0.1) is 6.20 Å². The number of hydrogen-bond acceptors (Lipinski definition) is 4. The molecule has 82 valence electrons. The van der Waals surface area contributed by atoms with Crippen molar-refractivity contribution in [2.75, 3.05) is 0 Å². The van der Waals surface area contributed by atoms with E-state index in [1.807, 2.05) is 31.2 Å². The first-order valence-electron chi connectivity index (χ1n) is 5.00. The molecule has 0 atom stereocenters. The van der Waals surface area contributed by atoms with Gasteiger partial charge in [-0.25, -0.2) is 4.98 Å². The first kappa shape index (κ1) is 11.0. The van der Waals surface area contributed by atoms with Crippen molar-refractivity contribution in [3.63, 3.8) is 0 Å². The summed E-state index contributed by atoms with van der Waals surface area (Å²) < 4.78 is 5.12. The van der Waals surface area contributed by atoms with Crippen molar-refractivity contribution in [1.29, 1.82) is 0 Å². The van der Waals surface area contributed by atoms with E-state index in [1.54, 1.807) is 6.20 Å². The van der Waals surface area contributed by atoms with Crippen molar-refractivity contribution >= 4 is 17.5 Å². The predicted molar refractivity (Wildman–Crippen MR) is 61.7 cm³/mol. The Morgan fingerprint density at radius 2 is 2.12 bits per heavy atom. The number of carbonyl (C=O) groups is 1. The zero-order valence-corrected chi connectivity index (χ0v) is 9.66. The van der Waals surface area contributed by atoms with Crippen molar-refractivity contribution in [3.05, 3.63) is 42.3 Å². The first-order chi connectivity index (χ1) is 7.79. The predicted octanol–water partition coefficient (Wildman–Crippen LogP) is 3.42. The molecule has 0 aliphatic heterocycles. The van der Waals surface area contributed by atoms with Crippen molar-refractivity contribution in [3.8, 4) is 0 Å². The molecule has 16 heavy (non-hydrogen) atoms. The number of Topliss-reactive ketones (excluding diaryl/α,β-unsaturated/α-hetero) is 1. The third kappa shape index (κ3) is 2.52. The van der Waals surface area contributed by atoms with Gasteiger partial charge < -0.3 is 4.42 Å². The molecule has 0 radical (unpaired) electrons. The van der Waals surface area contributed by atoms with Crippen LogP contribution in [-0.2, 0) is 0 Å². The van der Waals surface area contributed by atoms with Gasteiger partial charge in [-0.05, 0) is 23.9 Å². The standard InChI is InChI=1S/C12H11NO2S/c1-2-11(14)9-3-5-10(6-4-9)16-12-13-7-8-15-12/h3-8H,2H2,1H3. The van der Waals surface area contributed by atoms with Gasteiger partial charge in [0.15, 0.2) is 5.78 Å². The molecule has 4 heteroatoms. The van der Waals surface area contributed by atoms with Gasteiger partial charge in [0.2, 0.25) is 0 Å². The molecule has 0 aliphatic rings. The minimum Gasteiger partial charge on any atom is -0.440 e. The molecule has 0 spiro atoms. The zero-order valence-electron chi connectivity index (χ0n) is 8.84. The summed E-state index contributed by atoms with van der Waals surface area (Å²) in [6.07, 6.45) is 3.68. The smallest absolute Gasteiger partial charge is 0.260 e. The Balaban J connectivity index is 2.10. The molecule has 2 aromatic rings. The lowest BCUT2D eigenvalue weighted by Crippen LogP contribution is -1.95. The van der Waals surface area contributed by atoms with Crippen LogP contribution >= 0.6 is 11.8 Å². The third-order valence-electron chi connectivity index (χ3n) is 2.11. The maximum Gasteiger partial charge on any atom is 0.260 e. The molecule has 1 aromatic carbocycles. The highest BCUT2D eigenvalue weighted by atomic mass is 32.2. The normalized spacial score (nSPS) is 10.3. The molecule has 0 fully saturated rings. The average Bonchev–Trinajstić information content (AvgIpc) is 2.82. The van der Waals surface area contributed by atoms with Gasteiger partial charge in [-0.3, -0.25) is 4.79 Å². The van der Waals surface area contributed by atoms with E-state index in [-0.39, 0.29) is 5.78 Å². The lowest BCUT2D eigenvalue weighted by molar-refractivity contribution is 0.0988. The van der Waals surface area contributed by atoms with Crippen LogP contribution in [-0.4, -0.2) is 10.8 Å². The summed E-state index contributed by atoms with van der Waals surface area (Å²) in [7, 11) is 0. The Bertz CT molecular complexity index is 462. The Morgan fingerprint density at radius 1 is 1.38 bits per heavy atom. The Hall–Kier alpha value is -1.55. The van der Waals surface area contributed by atoms with E-state index in [2.05, 4.69) is 4.98 Å². The van der Waals surface area contributed by atoms with Gasteiger partial charge in [-0.15, -0.1) is 0 Å². The zero-order chi connectivity index (χ0) is 11.4. The van der Waals surface area contributed by atoms with Gasteiger partial charge in [-0.2, -0.15) is 0 Å². The van der Waals surface area contributed by atoms with Crippen molar-refractivity contribution in [2.45, 2.75) is 23.5 Å². The summed E-state index contributed by atoms with van der Waals surface area (Å²) in [6, 6.07) is 7.46. The van der Waals surface area contributed by atoms with Gasteiger partial charge >= 0.3 is 0 Å². The first-order valence-corrected chi connectivity index (χ1v) is 5.82. The molecule has 0 bridgehead atoms. The van der Waals surface area contributed by atoms with E-state index in [9.17, 15) is 4.79 Å². The molecule has 0 unspecified atom stereocenters. The fourth-order valence-electron chi connectivity index (χ4n) is 1.27. The van der Waals surface area contributed by atoms with Crippen LogP contribution in [0.15, 0.2) is 51.3 Å². The summed E-state index contributed by atoms with van der Waals surface area (Å²) in [5, 5.41) is 0.606. The van der Waals surface area contributed by atoms with E-state index in [0.29, 0.717) is 11.6 Å². The molecule has 0 N–H and O–H groups in total. The maximum absolute atomic E-state index is 11.4. The lowest BCUT2D eigenvalue weighted by Gasteiger charge is -1.99. The highest BCUT2D eigenvalue weighted by molar-refractivity contribution is 7.99. The quantitative estimate of drug-likeness (QED) is 0.759. The molecular formula is C12H11NO2S. The van der Waals surface area contributed by atoms with E-state index >= 15 is 0 Å². The molecule has 2 rings (SSSR count). The summed E-state index contributed by atoms with van der Waals surface area (Å²) >= 11 is 1.43. The number of aromatic nitrogens is 1. The van der Waals surface area contributed by atoms with Crippen LogP contribution in [0.3, 0.4) is 0 Å². The van der Waals surface area contributed by atoms with Crippen molar-refractivity contribution in [2.24, 2.45) is 0 Å². The maximum atomic E-state index is 11.4. The topological polar surface area (TPSA) is 43.1 Å². The van der Waals surface area contributed by atoms with Crippen LogP contribution in [0.2, 0.25) is 0 Å². The number of oxazole rings is 1. The molecule has 0 amide bonds. The molecule has 3 nitrogen and oxygen atoms in total. The minimum absolute atomic E-state index is 0.160. The second-order valence-electron chi connectivity index (χ2n) is 3.20.